The minimum Gasteiger partial charge on any atom is -0.455 e. The van der Waals surface area contributed by atoms with Crippen LogP contribution in [0.3, 0.4) is 0 Å². The van der Waals surface area contributed by atoms with Gasteiger partial charge in [-0.05, 0) is 35.9 Å². The van der Waals surface area contributed by atoms with E-state index >= 15 is 0 Å². The number of rotatable bonds is 2. The Morgan fingerprint density at radius 3 is 2.16 bits per heavy atom. The van der Waals surface area contributed by atoms with E-state index in [1.165, 1.54) is 18.2 Å². The van der Waals surface area contributed by atoms with Gasteiger partial charge in [-0.3, -0.25) is 14.9 Å². The number of nitro benzene ring substituents is 1. The van der Waals surface area contributed by atoms with Crippen LogP contribution in [0.2, 0.25) is 0 Å². The molecule has 0 aliphatic rings. The normalized spacial score (nSPS) is 10.6. The van der Waals surface area contributed by atoms with Crippen molar-refractivity contribution in [3.8, 4) is 23.0 Å². The zero-order chi connectivity index (χ0) is 22.1. The van der Waals surface area contributed by atoms with Crippen molar-refractivity contribution in [3.05, 3.63) is 122 Å². The Kier molecular flexibility index (Phi) is 4.74. The van der Waals surface area contributed by atoms with Crippen molar-refractivity contribution in [2.75, 3.05) is 0 Å². The van der Waals surface area contributed by atoms with Gasteiger partial charge in [0.2, 0.25) is 5.43 Å². The minimum absolute atomic E-state index is 0.160. The van der Waals surface area contributed by atoms with Crippen molar-refractivity contribution in [2.45, 2.75) is 0 Å². The van der Waals surface area contributed by atoms with Crippen LogP contribution >= 0.6 is 0 Å². The van der Waals surface area contributed by atoms with Gasteiger partial charge in [-0.1, -0.05) is 60.4 Å². The van der Waals surface area contributed by atoms with Crippen molar-refractivity contribution in [1.29, 1.82) is 0 Å². The molecule has 0 radical (unpaired) electrons. The smallest absolute Gasteiger partial charge is 0.270 e. The third-order valence-electron chi connectivity index (χ3n) is 5.17. The highest BCUT2D eigenvalue weighted by Crippen LogP contribution is 2.31. The lowest BCUT2D eigenvalue weighted by Gasteiger charge is -2.09. The quantitative estimate of drug-likeness (QED) is 0.155. The van der Waals surface area contributed by atoms with Crippen LogP contribution in [0.4, 0.5) is 5.69 Å². The molecule has 4 aromatic carbocycles. The molecule has 1 heterocycles. The summed E-state index contributed by atoms with van der Waals surface area (Å²) in [6, 6.07) is 26.8. The van der Waals surface area contributed by atoms with Crippen molar-refractivity contribution >= 4 is 27.6 Å². The summed E-state index contributed by atoms with van der Waals surface area (Å²) >= 11 is 0. The number of nitro groups is 1. The first kappa shape index (κ1) is 19.3. The summed E-state index contributed by atoms with van der Waals surface area (Å²) in [5.41, 5.74) is 3.36. The van der Waals surface area contributed by atoms with E-state index < -0.39 is 4.92 Å². The molecule has 0 spiro atoms. The second kappa shape index (κ2) is 7.86. The van der Waals surface area contributed by atoms with Gasteiger partial charge in [-0.2, -0.15) is 0 Å². The maximum absolute atomic E-state index is 13.3. The summed E-state index contributed by atoms with van der Waals surface area (Å²) in [7, 11) is 0. The van der Waals surface area contributed by atoms with E-state index in [2.05, 4.69) is 11.8 Å². The fraction of sp³-hybridized carbons (Fsp3) is 0. The van der Waals surface area contributed by atoms with Gasteiger partial charge in [0.15, 0.2) is 0 Å². The molecule has 32 heavy (non-hydrogen) atoms. The molecule has 0 atom stereocenters. The summed E-state index contributed by atoms with van der Waals surface area (Å²) in [6.07, 6.45) is 0. The van der Waals surface area contributed by atoms with Crippen molar-refractivity contribution in [2.24, 2.45) is 0 Å². The highest BCUT2D eigenvalue weighted by atomic mass is 16.6. The van der Waals surface area contributed by atoms with Crippen LogP contribution in [-0.4, -0.2) is 4.92 Å². The second-order valence-corrected chi connectivity index (χ2v) is 7.25. The van der Waals surface area contributed by atoms with Gasteiger partial charge in [0, 0.05) is 28.8 Å². The van der Waals surface area contributed by atoms with Gasteiger partial charge >= 0.3 is 0 Å². The molecule has 5 heteroatoms. The van der Waals surface area contributed by atoms with Crippen LogP contribution in [0.15, 0.2) is 100 Å². The highest BCUT2D eigenvalue weighted by molar-refractivity contribution is 5.99. The van der Waals surface area contributed by atoms with E-state index in [4.69, 9.17) is 4.42 Å². The van der Waals surface area contributed by atoms with Crippen molar-refractivity contribution in [1.82, 2.24) is 0 Å². The van der Waals surface area contributed by atoms with Gasteiger partial charge in [0.05, 0.1) is 15.7 Å². The zero-order valence-corrected chi connectivity index (χ0v) is 16.7. The first-order valence-corrected chi connectivity index (χ1v) is 9.92. The van der Waals surface area contributed by atoms with E-state index in [1.807, 2.05) is 66.7 Å². The van der Waals surface area contributed by atoms with Crippen LogP contribution in [0.5, 0.6) is 0 Å². The predicted octanol–water partition coefficient (Wildman–Crippen LogP) is 5.92. The molecular formula is C27H15NO4. The Morgan fingerprint density at radius 2 is 1.44 bits per heavy atom. The molecule has 0 aliphatic carbocycles. The lowest BCUT2D eigenvalue weighted by atomic mass is 9.98. The van der Waals surface area contributed by atoms with Crippen LogP contribution < -0.4 is 5.43 Å². The van der Waals surface area contributed by atoms with E-state index in [1.54, 1.807) is 6.07 Å². The van der Waals surface area contributed by atoms with Gasteiger partial charge in [0.25, 0.3) is 5.69 Å². The zero-order valence-electron chi connectivity index (χ0n) is 16.7. The van der Waals surface area contributed by atoms with Crippen LogP contribution in [0.1, 0.15) is 11.1 Å². The summed E-state index contributed by atoms with van der Waals surface area (Å²) in [4.78, 5) is 24.0. The average Bonchev–Trinajstić information content (AvgIpc) is 2.83. The van der Waals surface area contributed by atoms with Crippen LogP contribution in [0.25, 0.3) is 33.1 Å². The Balaban J connectivity index is 1.82. The van der Waals surface area contributed by atoms with E-state index in [0.717, 1.165) is 16.7 Å². The first-order chi connectivity index (χ1) is 15.6. The molecule has 1 aromatic heterocycles. The van der Waals surface area contributed by atoms with Gasteiger partial charge in [0.1, 0.15) is 11.2 Å². The lowest BCUT2D eigenvalue weighted by molar-refractivity contribution is -0.384. The highest BCUT2D eigenvalue weighted by Gasteiger charge is 2.16. The van der Waals surface area contributed by atoms with E-state index in [0.29, 0.717) is 22.1 Å². The number of hydrogen-bond donors (Lipinski definition) is 0. The molecule has 5 rings (SSSR count). The first-order valence-electron chi connectivity index (χ1n) is 9.92. The molecule has 0 aliphatic heterocycles. The number of benzene rings is 4. The fourth-order valence-corrected chi connectivity index (χ4v) is 3.63. The van der Waals surface area contributed by atoms with Crippen molar-refractivity contribution < 1.29 is 9.34 Å². The van der Waals surface area contributed by atoms with E-state index in [-0.39, 0.29) is 16.5 Å². The fourth-order valence-electron chi connectivity index (χ4n) is 3.63. The number of nitrogens with zero attached hydrogens (tertiary/aromatic N) is 1. The molecular weight excluding hydrogens is 402 g/mol. The third kappa shape index (κ3) is 3.51. The molecule has 0 bridgehead atoms. The monoisotopic (exact) mass is 417 g/mol. The molecule has 0 unspecified atom stereocenters. The lowest BCUT2D eigenvalue weighted by Crippen LogP contribution is -2.04. The Bertz CT molecular complexity index is 1610. The summed E-state index contributed by atoms with van der Waals surface area (Å²) in [5.74, 6) is 6.24. The molecule has 152 valence electrons. The molecule has 5 nitrogen and oxygen atoms in total. The number of non-ortho nitro benzene ring substituents is 1. The molecule has 0 saturated heterocycles. The molecule has 0 N–H and O–H groups in total. The Labute approximate surface area is 182 Å². The SMILES string of the molecule is O=c1c2cc([N+](=O)[O-])ccc2oc2c(-c3ccccc3)cc(C#Cc3ccccc3)cc12. The maximum atomic E-state index is 13.3. The van der Waals surface area contributed by atoms with Crippen LogP contribution in [0, 0.1) is 22.0 Å². The molecule has 5 aromatic rings. The third-order valence-corrected chi connectivity index (χ3v) is 5.17. The molecule has 0 amide bonds. The standard InChI is InChI=1S/C27H15NO4/c29-26-23-17-21(28(30)31)13-14-25(23)32-27-22(20-9-5-2-6-10-20)15-19(16-24(26)27)12-11-18-7-3-1-4-8-18/h1-10,13-17H. The summed E-state index contributed by atoms with van der Waals surface area (Å²) in [6.45, 7) is 0. The topological polar surface area (TPSA) is 73.3 Å². The Hall–Kier alpha value is -4.69. The van der Waals surface area contributed by atoms with Gasteiger partial charge in [-0.15, -0.1) is 0 Å². The summed E-state index contributed by atoms with van der Waals surface area (Å²) < 4.78 is 6.09. The predicted molar refractivity (Wildman–Crippen MR) is 125 cm³/mol. The number of fused-ring (bicyclic) bond motifs is 2. The Morgan fingerprint density at radius 1 is 0.750 bits per heavy atom. The van der Waals surface area contributed by atoms with Gasteiger partial charge < -0.3 is 4.42 Å². The van der Waals surface area contributed by atoms with Crippen LogP contribution in [-0.2, 0) is 0 Å². The molecule has 0 fully saturated rings. The second-order valence-electron chi connectivity index (χ2n) is 7.25. The average molecular weight is 417 g/mol. The van der Waals surface area contributed by atoms with E-state index in [9.17, 15) is 14.9 Å². The number of hydrogen-bond acceptors (Lipinski definition) is 4. The maximum Gasteiger partial charge on any atom is 0.270 e. The summed E-state index contributed by atoms with van der Waals surface area (Å²) in [5, 5.41) is 11.7. The minimum atomic E-state index is -0.528. The van der Waals surface area contributed by atoms with Gasteiger partial charge in [-0.25, -0.2) is 0 Å². The largest absolute Gasteiger partial charge is 0.455 e. The molecule has 0 saturated carbocycles. The van der Waals surface area contributed by atoms with Crippen molar-refractivity contribution in [3.63, 3.8) is 0 Å².